The minimum atomic E-state index is 0.173. The maximum Gasteiger partial charge on any atom is 0.219 e. The van der Waals surface area contributed by atoms with Gasteiger partial charge < -0.3 is 27.0 Å². The Morgan fingerprint density at radius 3 is 1.92 bits per heavy atom. The van der Waals surface area contributed by atoms with Crippen molar-refractivity contribution in [2.45, 2.75) is 58.3 Å². The maximum absolute atomic E-state index is 11.6. The van der Waals surface area contributed by atoms with Crippen molar-refractivity contribution >= 4 is 5.91 Å². The summed E-state index contributed by atoms with van der Waals surface area (Å²) in [5.41, 5.74) is 5.43. The predicted molar refractivity (Wildman–Crippen MR) is 103 cm³/mol. The quantitative estimate of drug-likeness (QED) is 0.225. The van der Waals surface area contributed by atoms with Crippen molar-refractivity contribution < 1.29 is 4.79 Å². The molecule has 6 heteroatoms. The Bertz CT molecular complexity index is 264. The first kappa shape index (κ1) is 23.3. The summed E-state index contributed by atoms with van der Waals surface area (Å²) in [6.45, 7) is 10.0. The van der Waals surface area contributed by atoms with Gasteiger partial charge in [-0.15, -0.1) is 0 Å². The van der Waals surface area contributed by atoms with Crippen LogP contribution in [-0.4, -0.2) is 58.3 Å². The molecular weight excluding hydrogens is 302 g/mol. The molecule has 0 spiro atoms. The number of nitrogens with two attached hydrogens (primary N) is 1. The Hall–Kier alpha value is -0.690. The summed E-state index contributed by atoms with van der Waals surface area (Å²) in [7, 11) is 0. The molecule has 0 radical (unpaired) electrons. The van der Waals surface area contributed by atoms with E-state index in [0.717, 1.165) is 78.0 Å². The van der Waals surface area contributed by atoms with Crippen LogP contribution in [0.1, 0.15) is 58.3 Å². The topological polar surface area (TPSA) is 91.2 Å². The number of carbonyl (C=O) groups is 1. The molecule has 0 bridgehead atoms. The van der Waals surface area contributed by atoms with Crippen LogP contribution in [0.3, 0.4) is 0 Å². The first-order valence-corrected chi connectivity index (χ1v) is 9.90. The Morgan fingerprint density at radius 2 is 1.29 bits per heavy atom. The number of hydrogen-bond acceptors (Lipinski definition) is 5. The van der Waals surface area contributed by atoms with Crippen molar-refractivity contribution in [2.24, 2.45) is 5.73 Å². The summed E-state index contributed by atoms with van der Waals surface area (Å²) in [5, 5.41) is 13.2. The monoisotopic (exact) mass is 343 g/mol. The number of amides is 1. The van der Waals surface area contributed by atoms with Crippen LogP contribution in [0.4, 0.5) is 0 Å². The lowest BCUT2D eigenvalue weighted by Crippen LogP contribution is -2.27. The Balaban J connectivity index is 3.08. The Kier molecular flexibility index (Phi) is 19.8. The zero-order valence-electron chi connectivity index (χ0n) is 15.8. The molecule has 0 aliphatic carbocycles. The smallest absolute Gasteiger partial charge is 0.219 e. The number of nitrogens with one attached hydrogen (secondary N) is 4. The largest absolute Gasteiger partial charge is 0.356 e. The van der Waals surface area contributed by atoms with Gasteiger partial charge in [-0.05, 0) is 84.3 Å². The number of rotatable bonds is 19. The van der Waals surface area contributed by atoms with E-state index in [-0.39, 0.29) is 5.91 Å². The van der Waals surface area contributed by atoms with Crippen LogP contribution in [0, 0.1) is 0 Å². The first-order valence-electron chi connectivity index (χ1n) is 9.90. The summed E-state index contributed by atoms with van der Waals surface area (Å²) < 4.78 is 0. The molecule has 1 amide bonds. The van der Waals surface area contributed by atoms with E-state index in [0.29, 0.717) is 6.42 Å². The highest BCUT2D eigenvalue weighted by molar-refractivity contribution is 5.75. The highest BCUT2D eigenvalue weighted by atomic mass is 16.1. The summed E-state index contributed by atoms with van der Waals surface area (Å²) in [6, 6.07) is 0. The molecule has 6 N–H and O–H groups in total. The highest BCUT2D eigenvalue weighted by Gasteiger charge is 1.99. The molecule has 0 saturated carbocycles. The zero-order valence-corrected chi connectivity index (χ0v) is 15.8. The molecule has 0 rings (SSSR count). The van der Waals surface area contributed by atoms with E-state index in [9.17, 15) is 4.79 Å². The van der Waals surface area contributed by atoms with E-state index in [1.165, 1.54) is 19.3 Å². The lowest BCUT2D eigenvalue weighted by molar-refractivity contribution is -0.121. The van der Waals surface area contributed by atoms with Crippen molar-refractivity contribution in [2.75, 3.05) is 52.4 Å². The van der Waals surface area contributed by atoms with Gasteiger partial charge in [-0.1, -0.05) is 13.3 Å². The van der Waals surface area contributed by atoms with Crippen molar-refractivity contribution in [3.63, 3.8) is 0 Å². The minimum absolute atomic E-state index is 0.173. The molecule has 24 heavy (non-hydrogen) atoms. The van der Waals surface area contributed by atoms with Crippen molar-refractivity contribution in [3.05, 3.63) is 0 Å². The molecule has 0 atom stereocenters. The number of unbranched alkanes of at least 4 members (excludes halogenated alkanes) is 3. The van der Waals surface area contributed by atoms with E-state index >= 15 is 0 Å². The summed E-state index contributed by atoms with van der Waals surface area (Å²) in [5.74, 6) is 0.173. The van der Waals surface area contributed by atoms with Gasteiger partial charge in [0.05, 0.1) is 0 Å². The summed E-state index contributed by atoms with van der Waals surface area (Å²) in [6.07, 6.45) is 8.27. The van der Waals surface area contributed by atoms with Crippen LogP contribution in [-0.2, 0) is 4.79 Å². The van der Waals surface area contributed by atoms with Gasteiger partial charge in [0.1, 0.15) is 0 Å². The molecular formula is C18H41N5O. The highest BCUT2D eigenvalue weighted by Crippen LogP contribution is 1.98. The summed E-state index contributed by atoms with van der Waals surface area (Å²) >= 11 is 0. The van der Waals surface area contributed by atoms with Crippen molar-refractivity contribution in [1.29, 1.82) is 0 Å². The average molecular weight is 344 g/mol. The van der Waals surface area contributed by atoms with Gasteiger partial charge in [0, 0.05) is 13.0 Å². The fourth-order valence-electron chi connectivity index (χ4n) is 2.40. The van der Waals surface area contributed by atoms with Gasteiger partial charge >= 0.3 is 0 Å². The van der Waals surface area contributed by atoms with E-state index in [4.69, 9.17) is 5.73 Å². The fraction of sp³-hybridized carbons (Fsp3) is 0.944. The van der Waals surface area contributed by atoms with Crippen LogP contribution in [0.15, 0.2) is 0 Å². The van der Waals surface area contributed by atoms with E-state index in [2.05, 4.69) is 28.2 Å². The average Bonchev–Trinajstić information content (AvgIpc) is 2.59. The molecule has 0 aromatic rings. The van der Waals surface area contributed by atoms with Crippen LogP contribution < -0.4 is 27.0 Å². The standard InChI is InChI=1S/C18H41N5O/c1-2-20-14-8-15-21-12-6-7-13-22-16-9-17-23-18(24)10-4-3-5-11-19/h20-22H,2-17,19H2,1H3,(H,23,24). The zero-order chi connectivity index (χ0) is 17.7. The third kappa shape index (κ3) is 19.4. The van der Waals surface area contributed by atoms with Crippen LogP contribution in [0.25, 0.3) is 0 Å². The molecule has 0 heterocycles. The molecule has 0 unspecified atom stereocenters. The predicted octanol–water partition coefficient (Wildman–Crippen LogP) is 0.971. The third-order valence-corrected chi connectivity index (χ3v) is 3.87. The molecule has 6 nitrogen and oxygen atoms in total. The molecule has 144 valence electrons. The van der Waals surface area contributed by atoms with E-state index < -0.39 is 0 Å². The lowest BCUT2D eigenvalue weighted by Gasteiger charge is -2.07. The molecule has 0 aliphatic rings. The molecule has 0 saturated heterocycles. The van der Waals surface area contributed by atoms with Gasteiger partial charge in [0.25, 0.3) is 0 Å². The summed E-state index contributed by atoms with van der Waals surface area (Å²) in [4.78, 5) is 11.6. The second-order valence-corrected chi connectivity index (χ2v) is 6.22. The maximum atomic E-state index is 11.6. The normalized spacial score (nSPS) is 10.9. The fourth-order valence-corrected chi connectivity index (χ4v) is 2.40. The van der Waals surface area contributed by atoms with Crippen LogP contribution in [0.5, 0.6) is 0 Å². The lowest BCUT2D eigenvalue weighted by atomic mass is 10.2. The second kappa shape index (κ2) is 20.4. The van der Waals surface area contributed by atoms with Crippen molar-refractivity contribution in [3.8, 4) is 0 Å². The first-order chi connectivity index (χ1) is 11.8. The number of carbonyl (C=O) groups excluding carboxylic acids is 1. The second-order valence-electron chi connectivity index (χ2n) is 6.22. The van der Waals surface area contributed by atoms with Gasteiger partial charge in [0.15, 0.2) is 0 Å². The molecule has 0 aromatic carbocycles. The van der Waals surface area contributed by atoms with Gasteiger partial charge in [0.2, 0.25) is 5.91 Å². The molecule has 0 aliphatic heterocycles. The van der Waals surface area contributed by atoms with Gasteiger partial charge in [-0.2, -0.15) is 0 Å². The van der Waals surface area contributed by atoms with Crippen LogP contribution >= 0.6 is 0 Å². The van der Waals surface area contributed by atoms with Gasteiger partial charge in [-0.25, -0.2) is 0 Å². The SMILES string of the molecule is CCNCCCNCCCCNCCCNC(=O)CCCCCN. The molecule has 0 fully saturated rings. The minimum Gasteiger partial charge on any atom is -0.356 e. The van der Waals surface area contributed by atoms with Gasteiger partial charge in [-0.3, -0.25) is 4.79 Å². The Labute approximate surface area is 149 Å². The van der Waals surface area contributed by atoms with Crippen molar-refractivity contribution in [1.82, 2.24) is 21.3 Å². The molecule has 0 aromatic heterocycles. The van der Waals surface area contributed by atoms with E-state index in [1.807, 2.05) is 0 Å². The van der Waals surface area contributed by atoms with E-state index in [1.54, 1.807) is 0 Å². The third-order valence-electron chi connectivity index (χ3n) is 3.87. The number of hydrogen-bond donors (Lipinski definition) is 5. The Morgan fingerprint density at radius 1 is 0.708 bits per heavy atom. The van der Waals surface area contributed by atoms with Crippen LogP contribution in [0.2, 0.25) is 0 Å².